The maximum atomic E-state index is 12.5. The van der Waals surface area contributed by atoms with Crippen LogP contribution in [0.5, 0.6) is 5.75 Å². The van der Waals surface area contributed by atoms with Gasteiger partial charge in [0.25, 0.3) is 5.69 Å². The highest BCUT2D eigenvalue weighted by Crippen LogP contribution is 2.17. The molecule has 1 fully saturated rings. The van der Waals surface area contributed by atoms with E-state index in [2.05, 4.69) is 10.2 Å². The summed E-state index contributed by atoms with van der Waals surface area (Å²) in [6, 6.07) is 7.15. The molecule has 1 amide bonds. The van der Waals surface area contributed by atoms with Crippen LogP contribution in [-0.4, -0.2) is 40.5 Å². The summed E-state index contributed by atoms with van der Waals surface area (Å²) in [5.74, 6) is -0.125. The van der Waals surface area contributed by atoms with Crippen LogP contribution in [0.2, 0.25) is 0 Å². The molecule has 2 aromatic rings. The topological polar surface area (TPSA) is 107 Å². The molecule has 0 spiro atoms. The van der Waals surface area contributed by atoms with Crippen molar-refractivity contribution in [2.45, 2.75) is 32.4 Å². The Hall–Kier alpha value is -3.20. The van der Waals surface area contributed by atoms with Crippen LogP contribution in [0.3, 0.4) is 0 Å². The summed E-state index contributed by atoms with van der Waals surface area (Å²) in [6.45, 7) is 2.52. The predicted molar refractivity (Wildman–Crippen MR) is 108 cm³/mol. The van der Waals surface area contributed by atoms with E-state index in [1.165, 1.54) is 43.9 Å². The van der Waals surface area contributed by atoms with Gasteiger partial charge in [-0.05, 0) is 38.1 Å². The fraction of sp³-hybridized carbons (Fsp3) is 0.400. The Bertz CT molecular complexity index is 933. The third kappa shape index (κ3) is 5.41. The van der Waals surface area contributed by atoms with Gasteiger partial charge in [-0.15, -0.1) is 0 Å². The number of amides is 1. The number of likely N-dealkylation sites (tertiary alicyclic amines) is 1. The van der Waals surface area contributed by atoms with Crippen LogP contribution < -0.4 is 15.5 Å². The number of nitrogens with one attached hydrogen (secondary N) is 1. The summed E-state index contributed by atoms with van der Waals surface area (Å²) >= 11 is 0. The quantitative estimate of drug-likeness (QED) is 0.565. The standard InChI is InChI=1S/C20H24N4O5/c1-29-19-13-23(17(11-18(19)25)12-22-9-3-2-4-10-22)14-20(26)21-15-5-7-16(8-6-15)24(27)28/h5-8,11,13H,2-4,9-10,12,14H2,1H3,(H,21,26). The van der Waals surface area contributed by atoms with Crippen molar-refractivity contribution < 1.29 is 14.5 Å². The number of carbonyl (C=O) groups is 1. The lowest BCUT2D eigenvalue weighted by Gasteiger charge is -2.27. The number of nitro benzene ring substituents is 1. The highest BCUT2D eigenvalue weighted by atomic mass is 16.6. The molecular weight excluding hydrogens is 376 g/mol. The molecule has 3 rings (SSSR count). The number of ether oxygens (including phenoxy) is 1. The lowest BCUT2D eigenvalue weighted by atomic mass is 10.1. The molecule has 9 nitrogen and oxygen atoms in total. The minimum atomic E-state index is -0.495. The second-order valence-electron chi connectivity index (χ2n) is 7.01. The van der Waals surface area contributed by atoms with E-state index in [0.717, 1.165) is 31.6 Å². The Morgan fingerprint density at radius 2 is 1.90 bits per heavy atom. The summed E-state index contributed by atoms with van der Waals surface area (Å²) in [5, 5.41) is 13.5. The van der Waals surface area contributed by atoms with Crippen molar-refractivity contribution in [3.05, 3.63) is 62.6 Å². The van der Waals surface area contributed by atoms with Gasteiger partial charge in [-0.3, -0.25) is 24.6 Å². The smallest absolute Gasteiger partial charge is 0.269 e. The molecule has 0 radical (unpaired) electrons. The van der Waals surface area contributed by atoms with Gasteiger partial charge in [0.2, 0.25) is 11.3 Å². The summed E-state index contributed by atoms with van der Waals surface area (Å²) in [6.07, 6.45) is 5.02. The third-order valence-corrected chi connectivity index (χ3v) is 4.91. The molecule has 0 aliphatic carbocycles. The SMILES string of the molecule is COc1cn(CC(=O)Nc2ccc([N+](=O)[O-])cc2)c(CN2CCCCC2)cc1=O. The monoisotopic (exact) mass is 400 g/mol. The number of piperidine rings is 1. The van der Waals surface area contributed by atoms with Crippen molar-refractivity contribution in [1.29, 1.82) is 0 Å². The number of hydrogen-bond donors (Lipinski definition) is 1. The zero-order chi connectivity index (χ0) is 20.8. The minimum Gasteiger partial charge on any atom is -0.491 e. The van der Waals surface area contributed by atoms with Gasteiger partial charge in [0.1, 0.15) is 6.54 Å². The maximum Gasteiger partial charge on any atom is 0.269 e. The van der Waals surface area contributed by atoms with Crippen LogP contribution >= 0.6 is 0 Å². The molecule has 1 N–H and O–H groups in total. The second kappa shape index (κ2) is 9.33. The Morgan fingerprint density at radius 3 is 2.52 bits per heavy atom. The highest BCUT2D eigenvalue weighted by Gasteiger charge is 2.16. The van der Waals surface area contributed by atoms with Gasteiger partial charge >= 0.3 is 0 Å². The van der Waals surface area contributed by atoms with Crippen LogP contribution in [0.15, 0.2) is 41.3 Å². The van der Waals surface area contributed by atoms with Crippen molar-refractivity contribution in [2.75, 3.05) is 25.5 Å². The normalized spacial score (nSPS) is 14.4. The largest absolute Gasteiger partial charge is 0.491 e. The lowest BCUT2D eigenvalue weighted by Crippen LogP contribution is -2.32. The van der Waals surface area contributed by atoms with Gasteiger partial charge in [-0.1, -0.05) is 6.42 Å². The summed E-state index contributed by atoms with van der Waals surface area (Å²) in [7, 11) is 1.42. The number of methoxy groups -OCH3 is 1. The number of nitrogens with zero attached hydrogens (tertiary/aromatic N) is 3. The molecule has 9 heteroatoms. The van der Waals surface area contributed by atoms with Gasteiger partial charge in [0, 0.05) is 36.1 Å². The molecule has 1 aliphatic heterocycles. The van der Waals surface area contributed by atoms with Crippen LogP contribution in [0, 0.1) is 10.1 Å². The first-order valence-electron chi connectivity index (χ1n) is 9.50. The fourth-order valence-corrected chi connectivity index (χ4v) is 3.40. The molecule has 0 saturated carbocycles. The number of anilines is 1. The first-order valence-corrected chi connectivity index (χ1v) is 9.50. The van der Waals surface area contributed by atoms with Gasteiger partial charge in [0.05, 0.1) is 18.2 Å². The van der Waals surface area contributed by atoms with Gasteiger partial charge in [0.15, 0.2) is 5.75 Å². The zero-order valence-corrected chi connectivity index (χ0v) is 16.3. The summed E-state index contributed by atoms with van der Waals surface area (Å²) < 4.78 is 6.84. The molecule has 29 heavy (non-hydrogen) atoms. The maximum absolute atomic E-state index is 12.5. The van der Waals surface area contributed by atoms with Crippen LogP contribution in [0.4, 0.5) is 11.4 Å². The average Bonchev–Trinajstić information content (AvgIpc) is 2.71. The van der Waals surface area contributed by atoms with E-state index in [9.17, 15) is 19.7 Å². The minimum absolute atomic E-state index is 0.00317. The fourth-order valence-electron chi connectivity index (χ4n) is 3.40. The molecule has 1 aromatic heterocycles. The molecular formula is C20H24N4O5. The average molecular weight is 400 g/mol. The van der Waals surface area contributed by atoms with E-state index >= 15 is 0 Å². The summed E-state index contributed by atoms with van der Waals surface area (Å²) in [5.41, 5.74) is 0.950. The molecule has 154 valence electrons. The number of aromatic nitrogens is 1. The van der Waals surface area contributed by atoms with Crippen molar-refractivity contribution >= 4 is 17.3 Å². The van der Waals surface area contributed by atoms with E-state index in [0.29, 0.717) is 12.2 Å². The molecule has 1 aromatic carbocycles. The Labute approximate surface area is 168 Å². The Balaban J connectivity index is 1.75. The second-order valence-corrected chi connectivity index (χ2v) is 7.01. The third-order valence-electron chi connectivity index (χ3n) is 4.91. The van der Waals surface area contributed by atoms with Crippen molar-refractivity contribution in [3.8, 4) is 5.75 Å². The van der Waals surface area contributed by atoms with Gasteiger partial charge in [-0.2, -0.15) is 0 Å². The first-order chi connectivity index (χ1) is 14.0. The molecule has 1 saturated heterocycles. The number of non-ortho nitro benzene ring substituents is 1. The van der Waals surface area contributed by atoms with E-state index < -0.39 is 4.92 Å². The number of carbonyl (C=O) groups excluding carboxylic acids is 1. The van der Waals surface area contributed by atoms with Crippen LogP contribution in [-0.2, 0) is 17.9 Å². The number of nitro groups is 1. The first kappa shape index (κ1) is 20.5. The van der Waals surface area contributed by atoms with Gasteiger partial charge in [-0.25, -0.2) is 0 Å². The zero-order valence-electron chi connectivity index (χ0n) is 16.3. The van der Waals surface area contributed by atoms with E-state index in [4.69, 9.17) is 4.74 Å². The Morgan fingerprint density at radius 1 is 1.21 bits per heavy atom. The van der Waals surface area contributed by atoms with Crippen molar-refractivity contribution in [3.63, 3.8) is 0 Å². The van der Waals surface area contributed by atoms with Crippen LogP contribution in [0.25, 0.3) is 0 Å². The predicted octanol–water partition coefficient (Wildman–Crippen LogP) is 2.39. The van der Waals surface area contributed by atoms with E-state index in [1.807, 2.05) is 0 Å². The van der Waals surface area contributed by atoms with Crippen LogP contribution in [0.1, 0.15) is 25.0 Å². The molecule has 0 unspecified atom stereocenters. The molecule has 2 heterocycles. The number of benzene rings is 1. The van der Waals surface area contributed by atoms with E-state index in [1.54, 1.807) is 10.8 Å². The Kier molecular flexibility index (Phi) is 6.61. The molecule has 0 atom stereocenters. The van der Waals surface area contributed by atoms with Gasteiger partial charge < -0.3 is 14.6 Å². The van der Waals surface area contributed by atoms with E-state index in [-0.39, 0.29) is 29.3 Å². The highest BCUT2D eigenvalue weighted by molar-refractivity contribution is 5.90. The van der Waals surface area contributed by atoms with Crippen molar-refractivity contribution in [2.24, 2.45) is 0 Å². The lowest BCUT2D eigenvalue weighted by molar-refractivity contribution is -0.384. The number of pyridine rings is 1. The van der Waals surface area contributed by atoms with Crippen molar-refractivity contribution in [1.82, 2.24) is 9.47 Å². The number of rotatable bonds is 7. The number of hydrogen-bond acceptors (Lipinski definition) is 6. The summed E-state index contributed by atoms with van der Waals surface area (Å²) in [4.78, 5) is 37.3. The molecule has 0 bridgehead atoms. The molecule has 1 aliphatic rings.